The summed E-state index contributed by atoms with van der Waals surface area (Å²) in [5.41, 5.74) is 0. The van der Waals surface area contributed by atoms with Crippen LogP contribution in [0.1, 0.15) is 84.5 Å². The van der Waals surface area contributed by atoms with Gasteiger partial charge < -0.3 is 14.8 Å². The van der Waals surface area contributed by atoms with Crippen LogP contribution in [0.4, 0.5) is 0 Å². The van der Waals surface area contributed by atoms with E-state index in [-0.39, 0.29) is 24.1 Å². The molecule has 5 heteroatoms. The zero-order valence-corrected chi connectivity index (χ0v) is 17.1. The fourth-order valence-electron chi connectivity index (χ4n) is 5.90. The van der Waals surface area contributed by atoms with E-state index in [1.165, 1.54) is 58.8 Å². The zero-order valence-electron chi connectivity index (χ0n) is 17.1. The van der Waals surface area contributed by atoms with Crippen LogP contribution >= 0.6 is 0 Å². The molecule has 2 aliphatic carbocycles. The molecule has 0 radical (unpaired) electrons. The van der Waals surface area contributed by atoms with Crippen molar-refractivity contribution in [3.05, 3.63) is 0 Å². The first kappa shape index (κ1) is 20.6. The van der Waals surface area contributed by atoms with Crippen LogP contribution in [0, 0.1) is 17.8 Å². The van der Waals surface area contributed by atoms with Crippen LogP contribution in [-0.2, 0) is 19.1 Å². The highest BCUT2D eigenvalue weighted by atomic mass is 16.5. The van der Waals surface area contributed by atoms with Crippen LogP contribution in [0.15, 0.2) is 0 Å². The minimum Gasteiger partial charge on any atom is -0.463 e. The maximum absolute atomic E-state index is 11.3. The maximum Gasteiger partial charge on any atom is 0.302 e. The summed E-state index contributed by atoms with van der Waals surface area (Å²) in [6.07, 6.45) is 12.9. The van der Waals surface area contributed by atoms with Crippen molar-refractivity contribution in [3.63, 3.8) is 0 Å². The van der Waals surface area contributed by atoms with E-state index in [4.69, 9.17) is 9.47 Å². The predicted octanol–water partition coefficient (Wildman–Crippen LogP) is 3.99. The summed E-state index contributed by atoms with van der Waals surface area (Å²) in [5.74, 6) is 1.87. The number of ether oxygens (including phenoxy) is 2. The highest BCUT2D eigenvalue weighted by Gasteiger charge is 2.40. The molecule has 1 atom stereocenters. The molecule has 5 nitrogen and oxygen atoms in total. The number of hydrogen-bond donors (Lipinski definition) is 1. The van der Waals surface area contributed by atoms with E-state index in [9.17, 15) is 9.59 Å². The number of carbonyl (C=O) groups excluding carboxylic acids is 2. The molecule has 154 valence electrons. The summed E-state index contributed by atoms with van der Waals surface area (Å²) >= 11 is 0. The van der Waals surface area contributed by atoms with Crippen LogP contribution in [-0.4, -0.2) is 36.7 Å². The van der Waals surface area contributed by atoms with Crippen LogP contribution in [0.5, 0.6) is 0 Å². The first-order valence-electron chi connectivity index (χ1n) is 11.1. The third-order valence-electron chi connectivity index (χ3n) is 7.00. The number of rotatable bonds is 5. The molecule has 2 saturated carbocycles. The number of carbonyl (C=O) groups is 2. The largest absolute Gasteiger partial charge is 0.463 e. The molecule has 1 heterocycles. The Labute approximate surface area is 163 Å². The highest BCUT2D eigenvalue weighted by molar-refractivity contribution is 5.66. The van der Waals surface area contributed by atoms with Crippen LogP contribution < -0.4 is 5.32 Å². The molecular weight excluding hydrogens is 342 g/mol. The predicted molar refractivity (Wildman–Crippen MR) is 104 cm³/mol. The first-order chi connectivity index (χ1) is 13.0. The number of esters is 2. The SMILES string of the molecule is CC(=O)OC1CCC(C(C2CCC(OC(C)=O)CC2)C2CCCCN2)CC1. The van der Waals surface area contributed by atoms with Crippen LogP contribution in [0.2, 0.25) is 0 Å². The van der Waals surface area contributed by atoms with Crippen molar-refractivity contribution in [2.75, 3.05) is 6.54 Å². The van der Waals surface area contributed by atoms with Gasteiger partial charge in [-0.3, -0.25) is 9.59 Å². The van der Waals surface area contributed by atoms with Crippen molar-refractivity contribution in [3.8, 4) is 0 Å². The van der Waals surface area contributed by atoms with Gasteiger partial charge in [-0.05, 0) is 88.5 Å². The molecule has 0 aromatic carbocycles. The lowest BCUT2D eigenvalue weighted by Crippen LogP contribution is -2.48. The van der Waals surface area contributed by atoms with E-state index >= 15 is 0 Å². The molecule has 0 aromatic heterocycles. The van der Waals surface area contributed by atoms with Crippen molar-refractivity contribution in [1.82, 2.24) is 5.32 Å². The van der Waals surface area contributed by atoms with Gasteiger partial charge in [-0.15, -0.1) is 0 Å². The van der Waals surface area contributed by atoms with Gasteiger partial charge >= 0.3 is 11.9 Å². The lowest BCUT2D eigenvalue weighted by atomic mass is 9.65. The van der Waals surface area contributed by atoms with Gasteiger partial charge in [0, 0.05) is 19.9 Å². The van der Waals surface area contributed by atoms with Gasteiger partial charge in [-0.2, -0.15) is 0 Å². The lowest BCUT2D eigenvalue weighted by Gasteiger charge is -2.45. The number of piperidine rings is 1. The summed E-state index contributed by atoms with van der Waals surface area (Å²) in [6.45, 7) is 4.18. The zero-order chi connectivity index (χ0) is 19.2. The molecule has 1 N–H and O–H groups in total. The van der Waals surface area contributed by atoms with Gasteiger partial charge in [0.1, 0.15) is 12.2 Å². The fourth-order valence-corrected chi connectivity index (χ4v) is 5.90. The van der Waals surface area contributed by atoms with E-state index in [0.717, 1.165) is 44.1 Å². The van der Waals surface area contributed by atoms with E-state index in [2.05, 4.69) is 5.32 Å². The van der Waals surface area contributed by atoms with Crippen molar-refractivity contribution >= 4 is 11.9 Å². The Hall–Kier alpha value is -1.10. The second-order valence-corrected chi connectivity index (χ2v) is 8.93. The average molecular weight is 380 g/mol. The molecule has 1 saturated heterocycles. The second-order valence-electron chi connectivity index (χ2n) is 8.93. The number of hydrogen-bond acceptors (Lipinski definition) is 5. The standard InChI is InChI=1S/C22H37NO4/c1-15(24)26-19-10-6-17(7-11-19)22(21-5-3-4-14-23-21)18-8-12-20(13-9-18)27-16(2)25/h17-23H,3-14H2,1-2H3. The average Bonchev–Trinajstić information content (AvgIpc) is 2.65. The highest BCUT2D eigenvalue weighted by Crippen LogP contribution is 2.44. The minimum absolute atomic E-state index is 0.124. The maximum atomic E-state index is 11.3. The van der Waals surface area contributed by atoms with Gasteiger partial charge in [-0.25, -0.2) is 0 Å². The fraction of sp³-hybridized carbons (Fsp3) is 0.909. The number of nitrogens with one attached hydrogen (secondary N) is 1. The normalized spacial score (nSPS) is 35.9. The van der Waals surface area contributed by atoms with Gasteiger partial charge in [0.05, 0.1) is 0 Å². The molecule has 0 aromatic rings. The molecule has 0 bridgehead atoms. The second kappa shape index (κ2) is 9.90. The molecule has 0 amide bonds. The first-order valence-corrected chi connectivity index (χ1v) is 11.1. The monoisotopic (exact) mass is 379 g/mol. The molecule has 3 aliphatic rings. The van der Waals surface area contributed by atoms with Crippen molar-refractivity contribution < 1.29 is 19.1 Å². The van der Waals surface area contributed by atoms with Gasteiger partial charge in [-0.1, -0.05) is 6.42 Å². The van der Waals surface area contributed by atoms with Crippen LogP contribution in [0.25, 0.3) is 0 Å². The van der Waals surface area contributed by atoms with Gasteiger partial charge in [0.2, 0.25) is 0 Å². The van der Waals surface area contributed by atoms with E-state index in [1.807, 2.05) is 0 Å². The molecule has 0 spiro atoms. The van der Waals surface area contributed by atoms with Gasteiger partial charge in [0.25, 0.3) is 0 Å². The Morgan fingerprint density at radius 3 is 1.59 bits per heavy atom. The third kappa shape index (κ3) is 5.94. The molecule has 27 heavy (non-hydrogen) atoms. The molecular formula is C22H37NO4. The summed E-state index contributed by atoms with van der Waals surface area (Å²) in [4.78, 5) is 22.5. The van der Waals surface area contributed by atoms with Crippen molar-refractivity contribution in [1.29, 1.82) is 0 Å². The molecule has 3 rings (SSSR count). The van der Waals surface area contributed by atoms with Crippen molar-refractivity contribution in [2.45, 2.75) is 103 Å². The smallest absolute Gasteiger partial charge is 0.302 e. The molecule has 1 unspecified atom stereocenters. The minimum atomic E-state index is -0.146. The van der Waals surface area contributed by atoms with E-state index in [0.29, 0.717) is 12.0 Å². The Morgan fingerprint density at radius 2 is 1.22 bits per heavy atom. The Kier molecular flexibility index (Phi) is 7.57. The Morgan fingerprint density at radius 1 is 0.741 bits per heavy atom. The summed E-state index contributed by atoms with van der Waals surface area (Å²) in [5, 5.41) is 3.83. The Bertz CT molecular complexity index is 451. The van der Waals surface area contributed by atoms with E-state index in [1.54, 1.807) is 0 Å². The third-order valence-corrected chi connectivity index (χ3v) is 7.00. The summed E-state index contributed by atoms with van der Waals surface area (Å²) < 4.78 is 10.9. The van der Waals surface area contributed by atoms with Crippen molar-refractivity contribution in [2.24, 2.45) is 17.8 Å². The molecule has 1 aliphatic heterocycles. The molecule has 3 fully saturated rings. The summed E-state index contributed by atoms with van der Waals surface area (Å²) in [7, 11) is 0. The van der Waals surface area contributed by atoms with Gasteiger partial charge in [0.15, 0.2) is 0 Å². The quantitative estimate of drug-likeness (QED) is 0.732. The topological polar surface area (TPSA) is 64.6 Å². The van der Waals surface area contributed by atoms with E-state index < -0.39 is 0 Å². The van der Waals surface area contributed by atoms with Crippen LogP contribution in [0.3, 0.4) is 0 Å². The lowest BCUT2D eigenvalue weighted by molar-refractivity contribution is -0.148. The summed E-state index contributed by atoms with van der Waals surface area (Å²) in [6, 6.07) is 0.629. The Balaban J connectivity index is 1.60.